The minimum absolute atomic E-state index is 0.106. The third-order valence-corrected chi connectivity index (χ3v) is 5.41. The van der Waals surface area contributed by atoms with Crippen molar-refractivity contribution in [2.24, 2.45) is 0 Å². The lowest BCUT2D eigenvalue weighted by Gasteiger charge is -2.26. The molecule has 3 rings (SSSR count). The highest BCUT2D eigenvalue weighted by atomic mass is 16.5. The smallest absolute Gasteiger partial charge is 0.264 e. The van der Waals surface area contributed by atoms with Crippen molar-refractivity contribution in [3.8, 4) is 11.8 Å². The van der Waals surface area contributed by atoms with Gasteiger partial charge in [0.05, 0.1) is 13.2 Å². The topological polar surface area (TPSA) is 58.3 Å². The minimum atomic E-state index is -0.227. The summed E-state index contributed by atoms with van der Waals surface area (Å²) >= 11 is 0. The molecule has 29 heavy (non-hydrogen) atoms. The third kappa shape index (κ3) is 4.44. The Morgan fingerprint density at radius 2 is 1.76 bits per heavy atom. The Morgan fingerprint density at radius 3 is 2.31 bits per heavy atom. The molecule has 0 N–H and O–H groups in total. The first-order valence-electron chi connectivity index (χ1n) is 10.0. The van der Waals surface area contributed by atoms with Crippen LogP contribution in [0.5, 0.6) is 0 Å². The van der Waals surface area contributed by atoms with Crippen LogP contribution in [0.2, 0.25) is 0 Å². The van der Waals surface area contributed by atoms with Crippen LogP contribution in [0.15, 0.2) is 35.9 Å². The number of morpholine rings is 1. The number of carbonyl (C=O) groups is 1. The maximum absolute atomic E-state index is 12.7. The zero-order valence-electron chi connectivity index (χ0n) is 18.0. The first-order chi connectivity index (χ1) is 13.7. The highest BCUT2D eigenvalue weighted by Crippen LogP contribution is 2.27. The molecule has 0 atom stereocenters. The van der Waals surface area contributed by atoms with E-state index in [4.69, 9.17) is 4.74 Å². The molecule has 0 aliphatic carbocycles. The minimum Gasteiger partial charge on any atom is -0.378 e. The standard InChI is InChI=1S/C24H29N3O2/c1-17-14-19(15-20(16-25)23(28)26-10-12-29-13-11-26)18(2)27(17)22-8-6-21(7-9-22)24(3,4)5/h6-9,14-15H,10-13H2,1-5H3/b20-15-. The Kier molecular flexibility index (Phi) is 5.95. The maximum atomic E-state index is 12.7. The van der Waals surface area contributed by atoms with Gasteiger partial charge in [0.15, 0.2) is 0 Å². The number of aryl methyl sites for hydroxylation is 1. The van der Waals surface area contributed by atoms with Crippen molar-refractivity contribution in [2.45, 2.75) is 40.0 Å². The van der Waals surface area contributed by atoms with Gasteiger partial charge in [0, 0.05) is 30.2 Å². The number of aromatic nitrogens is 1. The molecule has 1 aromatic carbocycles. The van der Waals surface area contributed by atoms with Crippen molar-refractivity contribution >= 4 is 12.0 Å². The van der Waals surface area contributed by atoms with Gasteiger partial charge in [0.1, 0.15) is 11.6 Å². The highest BCUT2D eigenvalue weighted by Gasteiger charge is 2.21. The lowest BCUT2D eigenvalue weighted by atomic mass is 9.87. The molecule has 152 valence electrons. The summed E-state index contributed by atoms with van der Waals surface area (Å²) in [6.07, 6.45) is 1.71. The van der Waals surface area contributed by atoms with Gasteiger partial charge in [-0.1, -0.05) is 32.9 Å². The van der Waals surface area contributed by atoms with Crippen LogP contribution >= 0.6 is 0 Å². The summed E-state index contributed by atoms with van der Waals surface area (Å²) in [5.74, 6) is -0.227. The molecular formula is C24H29N3O2. The Hall–Kier alpha value is -2.84. The van der Waals surface area contributed by atoms with Gasteiger partial charge in [-0.2, -0.15) is 5.26 Å². The Bertz CT molecular complexity index is 963. The van der Waals surface area contributed by atoms with Crippen molar-refractivity contribution in [1.82, 2.24) is 9.47 Å². The fraction of sp³-hybridized carbons (Fsp3) is 0.417. The Balaban J connectivity index is 1.93. The molecule has 1 fully saturated rings. The van der Waals surface area contributed by atoms with Crippen LogP contribution in [0.1, 0.15) is 43.3 Å². The van der Waals surface area contributed by atoms with Gasteiger partial charge in [0.25, 0.3) is 5.91 Å². The summed E-state index contributed by atoms with van der Waals surface area (Å²) in [5.41, 5.74) is 5.59. The van der Waals surface area contributed by atoms with E-state index >= 15 is 0 Å². The number of hydrogen-bond acceptors (Lipinski definition) is 3. The van der Waals surface area contributed by atoms with Crippen LogP contribution in [0, 0.1) is 25.2 Å². The van der Waals surface area contributed by atoms with Crippen LogP contribution in [-0.2, 0) is 14.9 Å². The van der Waals surface area contributed by atoms with E-state index in [1.165, 1.54) is 5.56 Å². The third-order valence-electron chi connectivity index (χ3n) is 5.41. The summed E-state index contributed by atoms with van der Waals surface area (Å²) < 4.78 is 7.46. The number of amides is 1. The zero-order valence-corrected chi connectivity index (χ0v) is 18.0. The molecule has 0 unspecified atom stereocenters. The van der Waals surface area contributed by atoms with Gasteiger partial charge in [-0.3, -0.25) is 4.79 Å². The lowest BCUT2D eigenvalue weighted by Crippen LogP contribution is -2.41. The normalized spacial score (nSPS) is 15.3. The summed E-state index contributed by atoms with van der Waals surface area (Å²) in [7, 11) is 0. The molecule has 1 saturated heterocycles. The fourth-order valence-electron chi connectivity index (χ4n) is 3.68. The van der Waals surface area contributed by atoms with E-state index in [0.29, 0.717) is 26.3 Å². The molecule has 0 saturated carbocycles. The number of carbonyl (C=O) groups excluding carboxylic acids is 1. The predicted molar refractivity (Wildman–Crippen MR) is 115 cm³/mol. The number of hydrogen-bond donors (Lipinski definition) is 0. The molecule has 0 spiro atoms. The molecule has 5 nitrogen and oxygen atoms in total. The lowest BCUT2D eigenvalue weighted by molar-refractivity contribution is -0.130. The van der Waals surface area contributed by atoms with Gasteiger partial charge >= 0.3 is 0 Å². The zero-order chi connectivity index (χ0) is 21.2. The van der Waals surface area contributed by atoms with E-state index in [1.807, 2.05) is 19.9 Å². The maximum Gasteiger partial charge on any atom is 0.264 e. The number of rotatable bonds is 3. The quantitative estimate of drug-likeness (QED) is 0.583. The second-order valence-corrected chi connectivity index (χ2v) is 8.53. The van der Waals surface area contributed by atoms with Gasteiger partial charge in [0.2, 0.25) is 0 Å². The molecule has 1 aromatic heterocycles. The number of nitrogens with zero attached hydrogens (tertiary/aromatic N) is 3. The predicted octanol–water partition coefficient (Wildman–Crippen LogP) is 4.16. The molecule has 0 bridgehead atoms. The summed E-state index contributed by atoms with van der Waals surface area (Å²) in [4.78, 5) is 14.4. The molecule has 1 amide bonds. The SMILES string of the molecule is Cc1cc(/C=C(/C#N)C(=O)N2CCOCC2)c(C)n1-c1ccc(C(C)(C)C)cc1. The van der Waals surface area contributed by atoms with Crippen molar-refractivity contribution in [1.29, 1.82) is 5.26 Å². The van der Waals surface area contributed by atoms with Crippen LogP contribution < -0.4 is 0 Å². The fourth-order valence-corrected chi connectivity index (χ4v) is 3.68. The molecule has 2 heterocycles. The van der Waals surface area contributed by atoms with Crippen molar-refractivity contribution in [2.75, 3.05) is 26.3 Å². The van der Waals surface area contributed by atoms with E-state index in [9.17, 15) is 10.1 Å². The van der Waals surface area contributed by atoms with Crippen molar-refractivity contribution in [3.05, 3.63) is 58.4 Å². The summed E-state index contributed by atoms with van der Waals surface area (Å²) in [6.45, 7) is 12.7. The molecule has 1 aliphatic rings. The van der Waals surface area contributed by atoms with E-state index in [1.54, 1.807) is 11.0 Å². The summed E-state index contributed by atoms with van der Waals surface area (Å²) in [6, 6.07) is 12.7. The second-order valence-electron chi connectivity index (χ2n) is 8.53. The summed E-state index contributed by atoms with van der Waals surface area (Å²) in [5, 5.41) is 9.58. The molecular weight excluding hydrogens is 362 g/mol. The number of ether oxygens (including phenoxy) is 1. The average Bonchev–Trinajstić information content (AvgIpc) is 2.98. The van der Waals surface area contributed by atoms with Crippen LogP contribution in [0.25, 0.3) is 11.8 Å². The van der Waals surface area contributed by atoms with Gasteiger partial charge < -0.3 is 14.2 Å². The van der Waals surface area contributed by atoms with E-state index in [-0.39, 0.29) is 16.9 Å². The van der Waals surface area contributed by atoms with Gasteiger partial charge in [-0.15, -0.1) is 0 Å². The van der Waals surface area contributed by atoms with Crippen molar-refractivity contribution < 1.29 is 9.53 Å². The van der Waals surface area contributed by atoms with Crippen LogP contribution in [-0.4, -0.2) is 41.7 Å². The van der Waals surface area contributed by atoms with E-state index < -0.39 is 0 Å². The first kappa shape index (κ1) is 20.9. The highest BCUT2D eigenvalue weighted by molar-refractivity contribution is 6.01. The van der Waals surface area contributed by atoms with Crippen LogP contribution in [0.4, 0.5) is 0 Å². The Morgan fingerprint density at radius 1 is 1.14 bits per heavy atom. The number of benzene rings is 1. The Labute approximate surface area is 173 Å². The van der Waals surface area contributed by atoms with Gasteiger partial charge in [-0.25, -0.2) is 0 Å². The van der Waals surface area contributed by atoms with Gasteiger partial charge in [-0.05, 0) is 54.7 Å². The first-order valence-corrected chi connectivity index (χ1v) is 10.0. The second kappa shape index (κ2) is 8.26. The largest absolute Gasteiger partial charge is 0.378 e. The van der Waals surface area contributed by atoms with Crippen LogP contribution in [0.3, 0.4) is 0 Å². The molecule has 2 aromatic rings. The number of nitriles is 1. The molecule has 1 aliphatic heterocycles. The van der Waals surface area contributed by atoms with Crippen molar-refractivity contribution in [3.63, 3.8) is 0 Å². The molecule has 5 heteroatoms. The monoisotopic (exact) mass is 391 g/mol. The van der Waals surface area contributed by atoms with E-state index in [2.05, 4.69) is 55.7 Å². The van der Waals surface area contributed by atoms with E-state index in [0.717, 1.165) is 22.6 Å². The average molecular weight is 392 g/mol. The molecule has 0 radical (unpaired) electrons.